The predicted octanol–water partition coefficient (Wildman–Crippen LogP) is 2.05. The van der Waals surface area contributed by atoms with E-state index in [0.717, 1.165) is 34.3 Å². The van der Waals surface area contributed by atoms with Gasteiger partial charge in [0.15, 0.2) is 0 Å². The van der Waals surface area contributed by atoms with Gasteiger partial charge in [-0.3, -0.25) is 9.59 Å². The van der Waals surface area contributed by atoms with Gasteiger partial charge >= 0.3 is 0 Å². The molecule has 2 N–H and O–H groups in total. The third kappa shape index (κ3) is 5.09. The molecule has 2 amide bonds. The van der Waals surface area contributed by atoms with Crippen molar-refractivity contribution >= 4 is 54.9 Å². The van der Waals surface area contributed by atoms with E-state index in [1.165, 1.54) is 4.90 Å². The van der Waals surface area contributed by atoms with Crippen molar-refractivity contribution in [3.63, 3.8) is 0 Å². The van der Waals surface area contributed by atoms with Gasteiger partial charge < -0.3 is 14.9 Å². The number of thiophene rings is 1. The number of aliphatic hydroxyl groups excluding tert-OH is 1. The molecule has 2 aliphatic heterocycles. The maximum Gasteiger partial charge on any atom is 0.250 e. The molecule has 0 unspecified atom stereocenters. The molecule has 8 nitrogen and oxygen atoms in total. The molecule has 32 heavy (non-hydrogen) atoms. The van der Waals surface area contributed by atoms with E-state index in [1.54, 1.807) is 29.2 Å². The summed E-state index contributed by atoms with van der Waals surface area (Å²) in [6.07, 6.45) is 2.70. The summed E-state index contributed by atoms with van der Waals surface area (Å²) in [6.45, 7) is 1.49. The largest absolute Gasteiger partial charge is 0.396 e. The molecule has 0 radical (unpaired) electrons. The molecule has 3 heterocycles. The number of piperidine rings is 2. The molecule has 0 spiro atoms. The number of carbonyl (C=O) groups excluding carboxylic acids is 2. The van der Waals surface area contributed by atoms with Gasteiger partial charge in [-0.05, 0) is 61.3 Å². The standard InChI is InChI=1S/C21H26ClN3O5S2/c22-16-5-6-18-15(9-16)10-20(31-18)32(29,30)23-17-4-2-8-25(21(17)28)12-19(27)24-7-1-3-14(11-24)13-26/h5-6,9-10,14,17,23,26H,1-4,7-8,11-13H2/t14-,17+/m1/s1. The van der Waals surface area contributed by atoms with Gasteiger partial charge in [-0.1, -0.05) is 11.6 Å². The monoisotopic (exact) mass is 499 g/mol. The predicted molar refractivity (Wildman–Crippen MR) is 123 cm³/mol. The number of carbonyl (C=O) groups is 2. The van der Waals surface area contributed by atoms with E-state index >= 15 is 0 Å². The molecule has 2 aliphatic rings. The third-order valence-corrected chi connectivity index (χ3v) is 9.30. The number of nitrogens with zero attached hydrogens (tertiary/aromatic N) is 2. The highest BCUT2D eigenvalue weighted by molar-refractivity contribution is 7.91. The smallest absolute Gasteiger partial charge is 0.250 e. The second-order valence-electron chi connectivity index (χ2n) is 8.35. The normalized spacial score (nSPS) is 22.5. The average molecular weight is 500 g/mol. The molecule has 2 saturated heterocycles. The number of sulfonamides is 1. The summed E-state index contributed by atoms with van der Waals surface area (Å²) in [5.74, 6) is -0.477. The number of aliphatic hydroxyl groups is 1. The van der Waals surface area contributed by atoms with Gasteiger partial charge in [-0.15, -0.1) is 11.3 Å². The van der Waals surface area contributed by atoms with Crippen molar-refractivity contribution < 1.29 is 23.1 Å². The lowest BCUT2D eigenvalue weighted by Crippen LogP contribution is -2.55. The maximum absolute atomic E-state index is 13.0. The number of nitrogens with one attached hydrogen (secondary N) is 1. The van der Waals surface area contributed by atoms with E-state index in [0.29, 0.717) is 37.5 Å². The second-order valence-corrected chi connectivity index (χ2v) is 11.8. The Bertz CT molecular complexity index is 1120. The number of likely N-dealkylation sites (tertiary alicyclic amines) is 2. The molecule has 1 aromatic heterocycles. The Morgan fingerprint density at radius 1 is 1.22 bits per heavy atom. The summed E-state index contributed by atoms with van der Waals surface area (Å²) in [5, 5.41) is 10.6. The van der Waals surface area contributed by atoms with Gasteiger partial charge in [0.25, 0.3) is 10.0 Å². The minimum atomic E-state index is -3.90. The van der Waals surface area contributed by atoms with Crippen LogP contribution in [0.5, 0.6) is 0 Å². The summed E-state index contributed by atoms with van der Waals surface area (Å²) < 4.78 is 29.3. The minimum absolute atomic E-state index is 0.0419. The Kier molecular flexibility index (Phi) is 7.06. The Hall–Kier alpha value is -1.72. The molecular weight excluding hydrogens is 474 g/mol. The minimum Gasteiger partial charge on any atom is -0.396 e. The number of hydrogen-bond donors (Lipinski definition) is 2. The van der Waals surface area contributed by atoms with Gasteiger partial charge in [-0.25, -0.2) is 8.42 Å². The molecular formula is C21H26ClN3O5S2. The van der Waals surface area contributed by atoms with Crippen molar-refractivity contribution in [1.29, 1.82) is 0 Å². The van der Waals surface area contributed by atoms with Crippen LogP contribution < -0.4 is 4.72 Å². The van der Waals surface area contributed by atoms with Crippen molar-refractivity contribution in [2.45, 2.75) is 35.9 Å². The fourth-order valence-corrected chi connectivity index (χ4v) is 7.08. The first-order valence-corrected chi connectivity index (χ1v) is 13.3. The van der Waals surface area contributed by atoms with Crippen LogP contribution in [0.25, 0.3) is 10.1 Å². The molecule has 174 valence electrons. The number of halogens is 1. The van der Waals surface area contributed by atoms with Gasteiger partial charge in [0.05, 0.1) is 6.54 Å². The third-order valence-electron chi connectivity index (χ3n) is 6.00. The van der Waals surface area contributed by atoms with Crippen molar-refractivity contribution in [2.75, 3.05) is 32.8 Å². The summed E-state index contributed by atoms with van der Waals surface area (Å²) in [6, 6.07) is 5.82. The van der Waals surface area contributed by atoms with Gasteiger partial charge in [0.2, 0.25) is 11.8 Å². The van der Waals surface area contributed by atoms with Crippen LogP contribution in [0.1, 0.15) is 25.7 Å². The highest BCUT2D eigenvalue weighted by Crippen LogP contribution is 2.31. The Morgan fingerprint density at radius 2 is 2.00 bits per heavy atom. The molecule has 2 aromatic rings. The van der Waals surface area contributed by atoms with E-state index in [1.807, 2.05) is 0 Å². The van der Waals surface area contributed by atoms with Crippen LogP contribution in [0.15, 0.2) is 28.5 Å². The fraction of sp³-hybridized carbons (Fsp3) is 0.524. The number of amides is 2. The van der Waals surface area contributed by atoms with Crippen molar-refractivity contribution in [3.05, 3.63) is 29.3 Å². The maximum atomic E-state index is 13.0. The molecule has 4 rings (SSSR count). The lowest BCUT2D eigenvalue weighted by Gasteiger charge is -2.36. The summed E-state index contributed by atoms with van der Waals surface area (Å²) >= 11 is 7.11. The first kappa shape index (κ1) is 23.4. The van der Waals surface area contributed by atoms with Crippen LogP contribution in [0.4, 0.5) is 0 Å². The average Bonchev–Trinajstić information content (AvgIpc) is 3.20. The zero-order chi connectivity index (χ0) is 22.9. The highest BCUT2D eigenvalue weighted by Gasteiger charge is 2.35. The number of rotatable bonds is 6. The Labute approximate surface area is 196 Å². The van der Waals surface area contributed by atoms with E-state index in [4.69, 9.17) is 11.6 Å². The van der Waals surface area contributed by atoms with Crippen LogP contribution in [0, 0.1) is 5.92 Å². The van der Waals surface area contributed by atoms with Crippen LogP contribution >= 0.6 is 22.9 Å². The lowest BCUT2D eigenvalue weighted by atomic mass is 9.99. The van der Waals surface area contributed by atoms with E-state index in [9.17, 15) is 23.1 Å². The zero-order valence-electron chi connectivity index (χ0n) is 17.5. The summed E-state index contributed by atoms with van der Waals surface area (Å²) in [5.41, 5.74) is 0. The lowest BCUT2D eigenvalue weighted by molar-refractivity contribution is -0.144. The molecule has 0 saturated carbocycles. The first-order valence-electron chi connectivity index (χ1n) is 10.7. The Balaban J connectivity index is 1.42. The van der Waals surface area contributed by atoms with Gasteiger partial charge in [-0.2, -0.15) is 4.72 Å². The van der Waals surface area contributed by atoms with Gasteiger partial charge in [0, 0.05) is 36.0 Å². The zero-order valence-corrected chi connectivity index (χ0v) is 19.9. The van der Waals surface area contributed by atoms with Crippen LogP contribution in [0.3, 0.4) is 0 Å². The molecule has 11 heteroatoms. The van der Waals surface area contributed by atoms with Crippen LogP contribution in [-0.2, 0) is 19.6 Å². The summed E-state index contributed by atoms with van der Waals surface area (Å²) in [4.78, 5) is 28.8. The van der Waals surface area contributed by atoms with Crippen molar-refractivity contribution in [3.8, 4) is 0 Å². The van der Waals surface area contributed by atoms with E-state index in [-0.39, 0.29) is 35.1 Å². The van der Waals surface area contributed by atoms with Crippen LogP contribution in [0.2, 0.25) is 5.02 Å². The molecule has 0 aliphatic carbocycles. The quantitative estimate of drug-likeness (QED) is 0.632. The Morgan fingerprint density at radius 3 is 2.78 bits per heavy atom. The number of hydrogen-bond acceptors (Lipinski definition) is 6. The van der Waals surface area contributed by atoms with E-state index < -0.39 is 16.1 Å². The molecule has 2 fully saturated rings. The van der Waals surface area contributed by atoms with Crippen molar-refractivity contribution in [2.24, 2.45) is 5.92 Å². The van der Waals surface area contributed by atoms with Gasteiger partial charge in [0.1, 0.15) is 10.3 Å². The molecule has 2 atom stereocenters. The number of fused-ring (bicyclic) bond motifs is 1. The first-order chi connectivity index (χ1) is 15.3. The summed E-state index contributed by atoms with van der Waals surface area (Å²) in [7, 11) is -3.90. The number of benzene rings is 1. The SMILES string of the molecule is O=C(CN1CCC[C@H](NS(=O)(=O)c2cc3cc(Cl)ccc3s2)C1=O)N1CCC[C@@H](CO)C1. The topological polar surface area (TPSA) is 107 Å². The van der Waals surface area contributed by atoms with Crippen molar-refractivity contribution in [1.82, 2.24) is 14.5 Å². The van der Waals surface area contributed by atoms with Crippen LogP contribution in [-0.4, -0.2) is 74.0 Å². The van der Waals surface area contributed by atoms with E-state index in [2.05, 4.69) is 4.72 Å². The molecule has 0 bridgehead atoms. The second kappa shape index (κ2) is 9.64. The molecule has 1 aromatic carbocycles. The fourth-order valence-electron chi connectivity index (χ4n) is 4.28. The highest BCUT2D eigenvalue weighted by atomic mass is 35.5.